The Kier molecular flexibility index (Phi) is 40.7. The fourth-order valence-corrected chi connectivity index (χ4v) is 9.06. The molecular weight excluding hydrogens is 773 g/mol. The van der Waals surface area contributed by atoms with Gasteiger partial charge in [0.15, 0.2) is 0 Å². The van der Waals surface area contributed by atoms with E-state index in [0.29, 0.717) is 0 Å². The van der Waals surface area contributed by atoms with Crippen molar-refractivity contribution < 1.29 is 0 Å². The highest BCUT2D eigenvalue weighted by atomic mass is 14.8. The highest BCUT2D eigenvalue weighted by Crippen LogP contribution is 2.24. The number of nitrogens with zero attached hydrogens (tertiary/aromatic N) is 2. The largest absolute Gasteiger partial charge is 0.255 e. The molecule has 0 radical (unpaired) electrons. The third kappa shape index (κ3) is 34.6. The first-order chi connectivity index (χ1) is 31.8. The van der Waals surface area contributed by atoms with Crippen LogP contribution < -0.4 is 0 Å². The molecule has 0 bridgehead atoms. The molecule has 0 aliphatic carbocycles. The van der Waals surface area contributed by atoms with Crippen molar-refractivity contribution in [1.29, 1.82) is 0 Å². The summed E-state index contributed by atoms with van der Waals surface area (Å²) in [5, 5.41) is 0. The quantitative estimate of drug-likeness (QED) is 0.0360. The molecule has 362 valence electrons. The van der Waals surface area contributed by atoms with Crippen molar-refractivity contribution in [2.24, 2.45) is 9.98 Å². The van der Waals surface area contributed by atoms with Crippen LogP contribution in [0.1, 0.15) is 282 Å². The van der Waals surface area contributed by atoms with Crippen LogP contribution in [0.3, 0.4) is 0 Å². The summed E-state index contributed by atoms with van der Waals surface area (Å²) in [5.41, 5.74) is 5.94. The average molecular weight is 878 g/mol. The van der Waals surface area contributed by atoms with Crippen LogP contribution in [0.15, 0.2) is 82.8 Å². The summed E-state index contributed by atoms with van der Waals surface area (Å²) in [6.07, 6.45) is 67.3. The molecule has 0 fully saturated rings. The van der Waals surface area contributed by atoms with Crippen LogP contribution >= 0.6 is 0 Å². The molecule has 0 heterocycles. The van der Waals surface area contributed by atoms with Crippen LogP contribution in [0.25, 0.3) is 0 Å². The molecule has 0 saturated carbocycles. The summed E-state index contributed by atoms with van der Waals surface area (Å²) in [4.78, 5) is 10.3. The lowest BCUT2D eigenvalue weighted by Gasteiger charge is -2.07. The summed E-state index contributed by atoms with van der Waals surface area (Å²) in [5.74, 6) is 0. The minimum Gasteiger partial charge on any atom is -0.255 e. The number of benzene rings is 2. The Hall–Kier alpha value is -2.74. The SMILES string of the molecule is CCCCCCCCCCCCCCCCCCC=CCCc1ccccc1N=CC(CCCC)=Nc1ccccc1CCC=CCCCCCCCCCCCCCCCCCC. The van der Waals surface area contributed by atoms with Crippen molar-refractivity contribution in [3.63, 3.8) is 0 Å². The third-order valence-corrected chi connectivity index (χ3v) is 13.3. The Labute approximate surface area is 399 Å². The summed E-state index contributed by atoms with van der Waals surface area (Å²) in [6.45, 7) is 6.87. The average Bonchev–Trinajstić information content (AvgIpc) is 3.31. The van der Waals surface area contributed by atoms with Crippen LogP contribution in [0, 0.1) is 0 Å². The highest BCUT2D eigenvalue weighted by Gasteiger charge is 2.05. The van der Waals surface area contributed by atoms with Gasteiger partial charge in [0.25, 0.3) is 0 Å². The van der Waals surface area contributed by atoms with Crippen LogP contribution in [0.4, 0.5) is 11.4 Å². The minimum absolute atomic E-state index is 0.956. The first-order valence-corrected chi connectivity index (χ1v) is 28.4. The predicted molar refractivity (Wildman–Crippen MR) is 291 cm³/mol. The van der Waals surface area contributed by atoms with Crippen molar-refractivity contribution >= 4 is 23.3 Å². The predicted octanol–water partition coefficient (Wildman–Crippen LogP) is 21.6. The number of hydrogen-bond donors (Lipinski definition) is 0. The van der Waals surface area contributed by atoms with E-state index in [1.807, 2.05) is 0 Å². The molecule has 64 heavy (non-hydrogen) atoms. The maximum absolute atomic E-state index is 5.23. The van der Waals surface area contributed by atoms with Crippen molar-refractivity contribution in [2.75, 3.05) is 0 Å². The molecule has 0 atom stereocenters. The standard InChI is InChI=1S/C62H104N2/c1-4-7-10-12-14-16-18-20-22-24-26-28-30-32-34-36-38-40-42-44-50-58-52-46-48-55-61(58)63-57-60(54-9-6-3)64-62-56-49-47-53-59(62)51-45-43-41-39-37-35-33-31-29-27-25-23-21-19-17-15-13-11-8-5-2/h40-43,46-49,52-53,55-57H,4-39,44-45,50-51,54H2,1-3H3. The molecule has 0 aliphatic rings. The van der Waals surface area contributed by atoms with Crippen LogP contribution in [-0.2, 0) is 12.8 Å². The fraction of sp³-hybridized carbons (Fsp3) is 0.710. The maximum Gasteiger partial charge on any atom is 0.0665 e. The molecule has 0 amide bonds. The molecule has 0 aliphatic heterocycles. The summed E-state index contributed by atoms with van der Waals surface area (Å²) in [7, 11) is 0. The normalized spacial score (nSPS) is 12.3. The molecule has 0 unspecified atom stereocenters. The topological polar surface area (TPSA) is 24.7 Å². The van der Waals surface area contributed by atoms with E-state index >= 15 is 0 Å². The molecule has 2 nitrogen and oxygen atoms in total. The zero-order chi connectivity index (χ0) is 45.5. The second kappa shape index (κ2) is 45.4. The van der Waals surface area contributed by atoms with Crippen molar-refractivity contribution in [2.45, 2.75) is 284 Å². The fourth-order valence-electron chi connectivity index (χ4n) is 9.06. The van der Waals surface area contributed by atoms with Gasteiger partial charge in [-0.05, 0) is 87.5 Å². The Balaban J connectivity index is 1.62. The monoisotopic (exact) mass is 877 g/mol. The number of rotatable bonds is 46. The van der Waals surface area contributed by atoms with Gasteiger partial charge in [0.1, 0.15) is 0 Å². The van der Waals surface area contributed by atoms with E-state index in [2.05, 4.69) is 99.8 Å². The second-order valence-electron chi connectivity index (χ2n) is 19.4. The number of aliphatic imine (C=N–C) groups is 2. The van der Waals surface area contributed by atoms with Gasteiger partial charge in [-0.1, -0.05) is 281 Å². The molecule has 2 aromatic carbocycles. The van der Waals surface area contributed by atoms with Gasteiger partial charge in [0.05, 0.1) is 17.1 Å². The third-order valence-electron chi connectivity index (χ3n) is 13.3. The van der Waals surface area contributed by atoms with Gasteiger partial charge in [0.2, 0.25) is 0 Å². The molecular formula is C62H104N2. The Morgan fingerprint density at radius 1 is 0.344 bits per heavy atom. The van der Waals surface area contributed by atoms with Gasteiger partial charge in [-0.15, -0.1) is 0 Å². The lowest BCUT2D eigenvalue weighted by atomic mass is 10.0. The summed E-state index contributed by atoms with van der Waals surface area (Å²) < 4.78 is 0. The number of unbranched alkanes of at least 4 members (excludes halogenated alkanes) is 33. The first kappa shape index (κ1) is 57.4. The van der Waals surface area contributed by atoms with E-state index in [9.17, 15) is 0 Å². The maximum atomic E-state index is 5.23. The second-order valence-corrected chi connectivity index (χ2v) is 19.4. The highest BCUT2D eigenvalue weighted by molar-refractivity contribution is 6.31. The Morgan fingerprint density at radius 3 is 1.05 bits per heavy atom. The van der Waals surface area contributed by atoms with E-state index < -0.39 is 0 Å². The number of hydrogen-bond acceptors (Lipinski definition) is 2. The van der Waals surface area contributed by atoms with Crippen LogP contribution in [0.5, 0.6) is 0 Å². The number of allylic oxidation sites excluding steroid dienone is 4. The number of aryl methyl sites for hydroxylation is 2. The van der Waals surface area contributed by atoms with Crippen molar-refractivity contribution in [3.8, 4) is 0 Å². The molecule has 2 aromatic rings. The molecule has 0 saturated heterocycles. The van der Waals surface area contributed by atoms with Crippen LogP contribution in [0.2, 0.25) is 0 Å². The molecule has 0 N–H and O–H groups in total. The molecule has 2 rings (SSSR count). The van der Waals surface area contributed by atoms with E-state index in [1.165, 1.54) is 229 Å². The smallest absolute Gasteiger partial charge is 0.0665 e. The van der Waals surface area contributed by atoms with E-state index in [0.717, 1.165) is 62.0 Å². The first-order valence-electron chi connectivity index (χ1n) is 28.4. The van der Waals surface area contributed by atoms with Crippen molar-refractivity contribution in [1.82, 2.24) is 0 Å². The van der Waals surface area contributed by atoms with Gasteiger partial charge in [-0.3, -0.25) is 9.98 Å². The van der Waals surface area contributed by atoms with Crippen molar-refractivity contribution in [3.05, 3.63) is 84.0 Å². The van der Waals surface area contributed by atoms with Gasteiger partial charge in [0, 0.05) is 6.21 Å². The van der Waals surface area contributed by atoms with Crippen LogP contribution in [-0.4, -0.2) is 11.9 Å². The molecule has 0 aromatic heterocycles. The lowest BCUT2D eigenvalue weighted by molar-refractivity contribution is 0.530. The Bertz CT molecular complexity index is 1410. The number of para-hydroxylation sites is 2. The lowest BCUT2D eigenvalue weighted by Crippen LogP contribution is -2.00. The summed E-state index contributed by atoms with van der Waals surface area (Å²) in [6, 6.07) is 17.5. The van der Waals surface area contributed by atoms with Gasteiger partial charge in [-0.25, -0.2) is 0 Å². The Morgan fingerprint density at radius 2 is 0.656 bits per heavy atom. The van der Waals surface area contributed by atoms with Gasteiger partial charge < -0.3 is 0 Å². The van der Waals surface area contributed by atoms with Gasteiger partial charge >= 0.3 is 0 Å². The minimum atomic E-state index is 0.956. The molecule has 0 spiro atoms. The van der Waals surface area contributed by atoms with E-state index in [-0.39, 0.29) is 0 Å². The zero-order valence-corrected chi connectivity index (χ0v) is 42.9. The molecule has 2 heteroatoms. The zero-order valence-electron chi connectivity index (χ0n) is 42.9. The van der Waals surface area contributed by atoms with E-state index in [4.69, 9.17) is 9.98 Å². The van der Waals surface area contributed by atoms with Gasteiger partial charge in [-0.2, -0.15) is 0 Å². The van der Waals surface area contributed by atoms with E-state index in [1.54, 1.807) is 0 Å². The summed E-state index contributed by atoms with van der Waals surface area (Å²) >= 11 is 0.